The van der Waals surface area contributed by atoms with Crippen LogP contribution in [0, 0.1) is 59.3 Å². The first-order valence-corrected chi connectivity index (χ1v) is 31.3. The predicted molar refractivity (Wildman–Crippen MR) is 328 cm³/mol. The second-order valence-electron chi connectivity index (χ2n) is 25.5. The standard InChI is InChI=1S/C24H31F2N3O2.C24H31F2N3O.C20H21F2N3O2/c1-5-6-9-24(30,18-7-10-23(25,26)11-8-18)20-14-29(4)22-19(20)12-17(13-27-22)21-15(2)28-31-16(21)3;1-5-6-7-19(17-8-10-24(25,26)11-9-17)21-14-29(4)23-20(21)12-18(13-27-23)22-15(2)28-30-16(22)3;1-11-17(12(2)27-24-11)14-8-15-16(10-25(3)19(15)23-9-14)18(26)13-4-6-20(21,22)7-5-13/h12-14,18,30H,5-11H2,1-4H3;12-14,17,19H,5-11H2,1-4H3;8-10,13H,4-7H2,1-3H3. The number of Topliss-reactive ketones (excluding diaryl/α,β-unsaturated/α-hetero) is 1. The van der Waals surface area contributed by atoms with E-state index >= 15 is 0 Å². The first kappa shape index (κ1) is 63.9. The Morgan fingerprint density at radius 3 is 1.45 bits per heavy atom. The minimum atomic E-state index is -2.65. The average molecular weight is 1220 g/mol. The molecule has 9 aromatic rings. The van der Waals surface area contributed by atoms with Crippen molar-refractivity contribution < 1.29 is 49.8 Å². The maximum Gasteiger partial charge on any atom is 0.248 e. The van der Waals surface area contributed by atoms with Gasteiger partial charge in [-0.3, -0.25) is 4.79 Å². The van der Waals surface area contributed by atoms with Gasteiger partial charge in [-0.1, -0.05) is 55.0 Å². The molecule has 0 aliphatic heterocycles. The van der Waals surface area contributed by atoms with E-state index in [2.05, 4.69) is 56.1 Å². The molecule has 3 aliphatic carbocycles. The number of hydrogen-bond acceptors (Lipinski definition) is 11. The summed E-state index contributed by atoms with van der Waals surface area (Å²) in [7, 11) is 5.75. The number of hydrogen-bond donors (Lipinski definition) is 1. The smallest absolute Gasteiger partial charge is 0.248 e. The lowest BCUT2D eigenvalue weighted by Gasteiger charge is -2.40. The summed E-state index contributed by atoms with van der Waals surface area (Å²) in [6.45, 7) is 15.6. The third kappa shape index (κ3) is 13.0. The van der Waals surface area contributed by atoms with Crippen LogP contribution in [0.1, 0.15) is 191 Å². The van der Waals surface area contributed by atoms with Crippen molar-refractivity contribution in [3.05, 3.63) is 106 Å². The van der Waals surface area contributed by atoms with E-state index in [1.807, 2.05) is 91.8 Å². The molecule has 12 rings (SSSR count). The third-order valence-electron chi connectivity index (χ3n) is 19.2. The molecule has 1 N–H and O–H groups in total. The Balaban J connectivity index is 0.000000146. The normalized spacial score (nSPS) is 18.3. The number of carbonyl (C=O) groups excluding carboxylic acids is 1. The number of pyridine rings is 3. The molecule has 14 nitrogen and oxygen atoms in total. The van der Waals surface area contributed by atoms with Crippen LogP contribution in [0.3, 0.4) is 0 Å². The molecule has 3 aliphatic rings. The number of aryl methyl sites for hydroxylation is 9. The first-order valence-electron chi connectivity index (χ1n) is 31.3. The number of alkyl halides is 6. The lowest BCUT2D eigenvalue weighted by atomic mass is 9.70. The maximum absolute atomic E-state index is 13.9. The number of aromatic nitrogens is 9. The number of halogens is 6. The number of fused-ring (bicyclic) bond motifs is 3. The second kappa shape index (κ2) is 25.4. The van der Waals surface area contributed by atoms with Gasteiger partial charge in [0.25, 0.3) is 0 Å². The van der Waals surface area contributed by atoms with Crippen LogP contribution in [0.4, 0.5) is 26.3 Å². The summed E-state index contributed by atoms with van der Waals surface area (Å²) in [4.78, 5) is 27.0. The molecule has 472 valence electrons. The van der Waals surface area contributed by atoms with E-state index in [4.69, 9.17) is 18.6 Å². The molecule has 3 saturated carbocycles. The van der Waals surface area contributed by atoms with Gasteiger partial charge in [0.2, 0.25) is 17.8 Å². The monoisotopic (exact) mass is 1220 g/mol. The molecule has 88 heavy (non-hydrogen) atoms. The zero-order valence-corrected chi connectivity index (χ0v) is 52.6. The van der Waals surface area contributed by atoms with Crippen molar-refractivity contribution in [3.8, 4) is 33.4 Å². The second-order valence-corrected chi connectivity index (χ2v) is 25.5. The molecule has 0 spiro atoms. The van der Waals surface area contributed by atoms with Crippen LogP contribution in [0.5, 0.6) is 0 Å². The molecule has 9 aromatic heterocycles. The quantitative estimate of drug-likeness (QED) is 0.0766. The fourth-order valence-corrected chi connectivity index (χ4v) is 14.3. The van der Waals surface area contributed by atoms with Gasteiger partial charge < -0.3 is 32.4 Å². The van der Waals surface area contributed by atoms with Crippen LogP contribution in [-0.2, 0) is 26.7 Å². The molecule has 3 fully saturated rings. The Bertz CT molecular complexity index is 3870. The molecule has 2 unspecified atom stereocenters. The van der Waals surface area contributed by atoms with E-state index in [1.165, 1.54) is 5.56 Å². The van der Waals surface area contributed by atoms with Crippen molar-refractivity contribution in [2.24, 2.45) is 38.9 Å². The molecule has 0 saturated heterocycles. The summed E-state index contributed by atoms with van der Waals surface area (Å²) in [6, 6.07) is 6.12. The molecular weight excluding hydrogens is 1140 g/mol. The van der Waals surface area contributed by atoms with Crippen LogP contribution >= 0.6 is 0 Å². The molecule has 0 amide bonds. The van der Waals surface area contributed by atoms with Crippen molar-refractivity contribution in [2.45, 2.75) is 200 Å². The Hall–Kier alpha value is -7.09. The number of carbonyl (C=O) groups is 1. The first-order chi connectivity index (χ1) is 41.7. The SMILES string of the molecule is CCCCC(O)(c1cn(C)c2ncc(-c3c(C)noc3C)cc12)C1CCC(F)(F)CC1.CCCCC(c1cn(C)c2ncc(-c3c(C)noc3C)cc12)C1CCC(F)(F)CC1.Cc1noc(C)c1-c1cnc2c(c1)c(C(=O)C1CCC(F)(F)CC1)cn2C. The molecule has 9 heterocycles. The summed E-state index contributed by atoms with van der Waals surface area (Å²) in [5, 5.41) is 26.9. The van der Waals surface area contributed by atoms with E-state index in [0.717, 1.165) is 121 Å². The van der Waals surface area contributed by atoms with Crippen LogP contribution in [0.25, 0.3) is 66.5 Å². The Labute approximate surface area is 509 Å². The summed E-state index contributed by atoms with van der Waals surface area (Å²) < 4.78 is 104. The summed E-state index contributed by atoms with van der Waals surface area (Å²) in [5.74, 6) is -5.65. The fourth-order valence-electron chi connectivity index (χ4n) is 14.3. The zero-order valence-electron chi connectivity index (χ0n) is 52.6. The highest BCUT2D eigenvalue weighted by Crippen LogP contribution is 2.50. The molecule has 0 radical (unpaired) electrons. The predicted octanol–water partition coefficient (Wildman–Crippen LogP) is 17.8. The van der Waals surface area contributed by atoms with Crippen LogP contribution in [-0.4, -0.2) is 72.8 Å². The van der Waals surface area contributed by atoms with E-state index in [-0.39, 0.29) is 74.9 Å². The van der Waals surface area contributed by atoms with E-state index in [9.17, 15) is 36.2 Å². The van der Waals surface area contributed by atoms with Crippen molar-refractivity contribution in [3.63, 3.8) is 0 Å². The largest absolute Gasteiger partial charge is 0.385 e. The van der Waals surface area contributed by atoms with Gasteiger partial charge in [-0.2, -0.15) is 0 Å². The van der Waals surface area contributed by atoms with Crippen LogP contribution in [0.2, 0.25) is 0 Å². The number of unbranched alkanes of at least 4 members (excludes halogenated alkanes) is 2. The van der Waals surface area contributed by atoms with Gasteiger partial charge in [0.15, 0.2) is 5.78 Å². The van der Waals surface area contributed by atoms with Gasteiger partial charge in [0.05, 0.1) is 22.7 Å². The lowest BCUT2D eigenvalue weighted by molar-refractivity contribution is -0.101. The summed E-state index contributed by atoms with van der Waals surface area (Å²) in [6.07, 6.45) is 18.3. The van der Waals surface area contributed by atoms with Gasteiger partial charge in [0.1, 0.15) is 34.2 Å². The number of nitrogens with zero attached hydrogens (tertiary/aromatic N) is 9. The van der Waals surface area contributed by atoms with Crippen LogP contribution in [0.15, 0.2) is 68.9 Å². The van der Waals surface area contributed by atoms with Crippen molar-refractivity contribution >= 4 is 38.9 Å². The third-order valence-corrected chi connectivity index (χ3v) is 19.2. The minimum Gasteiger partial charge on any atom is -0.385 e. The van der Waals surface area contributed by atoms with Crippen molar-refractivity contribution in [1.82, 2.24) is 44.1 Å². The fraction of sp³-hybridized carbons (Fsp3) is 0.544. The number of aliphatic hydroxyl groups is 1. The Kier molecular flexibility index (Phi) is 18.5. The van der Waals surface area contributed by atoms with Gasteiger partial charge in [0, 0.05) is 163 Å². The van der Waals surface area contributed by atoms with Gasteiger partial charge >= 0.3 is 0 Å². The molecule has 20 heteroatoms. The average Bonchev–Trinajstić information content (AvgIpc) is 1.81. The summed E-state index contributed by atoms with van der Waals surface area (Å²) in [5.41, 5.74) is 11.7. The molecule has 0 aromatic carbocycles. The molecular formula is C68H83F6N9O5. The summed E-state index contributed by atoms with van der Waals surface area (Å²) >= 11 is 0. The minimum absolute atomic E-state index is 0.00758. The van der Waals surface area contributed by atoms with Gasteiger partial charge in [-0.05, 0) is 134 Å². The highest BCUT2D eigenvalue weighted by atomic mass is 19.3. The van der Waals surface area contributed by atoms with E-state index in [1.54, 1.807) is 23.2 Å². The van der Waals surface area contributed by atoms with E-state index in [0.29, 0.717) is 60.8 Å². The van der Waals surface area contributed by atoms with Gasteiger partial charge in [-0.15, -0.1) is 0 Å². The molecule has 2 atom stereocenters. The highest BCUT2D eigenvalue weighted by Gasteiger charge is 2.46. The van der Waals surface area contributed by atoms with Crippen molar-refractivity contribution in [1.29, 1.82) is 0 Å². The number of ketones is 1. The zero-order chi connectivity index (χ0) is 63.2. The lowest BCUT2D eigenvalue weighted by Crippen LogP contribution is -2.39. The Morgan fingerprint density at radius 2 is 0.989 bits per heavy atom. The number of rotatable bonds is 15. The highest BCUT2D eigenvalue weighted by molar-refractivity contribution is 6.09. The van der Waals surface area contributed by atoms with Crippen LogP contribution < -0.4 is 0 Å². The van der Waals surface area contributed by atoms with Crippen molar-refractivity contribution in [2.75, 3.05) is 0 Å². The van der Waals surface area contributed by atoms with Gasteiger partial charge in [-0.25, -0.2) is 41.3 Å². The topological polar surface area (TPSA) is 169 Å². The van der Waals surface area contributed by atoms with E-state index < -0.39 is 23.4 Å². The molecule has 0 bridgehead atoms. The Morgan fingerprint density at radius 1 is 0.580 bits per heavy atom. The maximum atomic E-state index is 13.9.